The normalized spacial score (nSPS) is 11.4. The Hall–Kier alpha value is -2.37. The average molecular weight is 348 g/mol. The predicted molar refractivity (Wildman–Crippen MR) is 98.5 cm³/mol. The van der Waals surface area contributed by atoms with Crippen LogP contribution in [0.5, 0.6) is 5.88 Å². The number of aromatic nitrogens is 1. The highest BCUT2D eigenvalue weighted by atomic mass is 16.5. The zero-order valence-corrected chi connectivity index (χ0v) is 15.9. The zero-order valence-electron chi connectivity index (χ0n) is 15.9. The maximum absolute atomic E-state index is 12.3. The van der Waals surface area contributed by atoms with E-state index in [-0.39, 0.29) is 5.91 Å². The molecular weight excluding hydrogens is 320 g/mol. The Morgan fingerprint density at radius 3 is 2.56 bits per heavy atom. The average Bonchev–Trinajstić information content (AvgIpc) is 2.53. The summed E-state index contributed by atoms with van der Waals surface area (Å²) in [6, 6.07) is 1.81. The van der Waals surface area contributed by atoms with Crippen LogP contribution >= 0.6 is 0 Å². The summed E-state index contributed by atoms with van der Waals surface area (Å²) in [7, 11) is 1.52. The minimum Gasteiger partial charge on any atom is -0.481 e. The van der Waals surface area contributed by atoms with Gasteiger partial charge in [-0.2, -0.15) is 4.98 Å². The molecule has 0 aliphatic rings. The maximum Gasteiger partial charge on any atom is 0.330 e. The van der Waals surface area contributed by atoms with Gasteiger partial charge in [-0.1, -0.05) is 34.1 Å². The van der Waals surface area contributed by atoms with Gasteiger partial charge in [0.05, 0.1) is 13.7 Å². The van der Waals surface area contributed by atoms with E-state index in [2.05, 4.69) is 10.3 Å². The number of anilines is 1. The lowest BCUT2D eigenvalue weighted by Gasteiger charge is -2.19. The Labute approximate surface area is 149 Å². The van der Waals surface area contributed by atoms with Crippen LogP contribution in [0.2, 0.25) is 0 Å². The molecule has 25 heavy (non-hydrogen) atoms. The summed E-state index contributed by atoms with van der Waals surface area (Å²) in [5.41, 5.74) is 0.846. The van der Waals surface area contributed by atoms with Crippen LogP contribution in [-0.4, -0.2) is 30.6 Å². The fourth-order valence-electron chi connectivity index (χ4n) is 1.87. The van der Waals surface area contributed by atoms with Gasteiger partial charge in [-0.25, -0.2) is 4.79 Å². The first-order chi connectivity index (χ1) is 11.7. The van der Waals surface area contributed by atoms with E-state index in [9.17, 15) is 9.59 Å². The lowest BCUT2D eigenvalue weighted by atomic mass is 9.95. The maximum atomic E-state index is 12.3. The second kappa shape index (κ2) is 9.20. The first-order valence-electron chi connectivity index (χ1n) is 8.41. The summed E-state index contributed by atoms with van der Waals surface area (Å²) in [5.74, 6) is 0.174. The molecule has 6 nitrogen and oxygen atoms in total. The highest BCUT2D eigenvalue weighted by Crippen LogP contribution is 2.25. The van der Waals surface area contributed by atoms with Crippen molar-refractivity contribution in [1.82, 2.24) is 4.98 Å². The molecule has 1 heterocycles. The van der Waals surface area contributed by atoms with Gasteiger partial charge in [0.2, 0.25) is 11.8 Å². The van der Waals surface area contributed by atoms with Crippen molar-refractivity contribution in [2.24, 2.45) is 5.41 Å². The molecule has 0 unspecified atom stereocenters. The number of hydrogen-bond acceptors (Lipinski definition) is 5. The van der Waals surface area contributed by atoms with Crippen molar-refractivity contribution >= 4 is 23.8 Å². The summed E-state index contributed by atoms with van der Waals surface area (Å²) in [4.78, 5) is 28.4. The largest absolute Gasteiger partial charge is 0.481 e. The van der Waals surface area contributed by atoms with Gasteiger partial charge >= 0.3 is 5.97 Å². The van der Waals surface area contributed by atoms with E-state index in [1.165, 1.54) is 13.2 Å². The molecule has 0 atom stereocenters. The summed E-state index contributed by atoms with van der Waals surface area (Å²) < 4.78 is 10.3. The number of methoxy groups -OCH3 is 1. The number of pyridine rings is 1. The Morgan fingerprint density at radius 1 is 1.32 bits per heavy atom. The quantitative estimate of drug-likeness (QED) is 0.461. The SMILES string of the molecule is CCCCOC(=O)/C=C/c1cc(C)c(OC)nc1NC(=O)C(C)(C)C. The van der Waals surface area contributed by atoms with E-state index in [1.807, 2.05) is 34.6 Å². The predicted octanol–water partition coefficient (Wildman–Crippen LogP) is 3.74. The summed E-state index contributed by atoms with van der Waals surface area (Å²) in [5, 5.41) is 2.80. The molecule has 0 spiro atoms. The Balaban J connectivity index is 3.05. The molecule has 0 saturated carbocycles. The van der Waals surface area contributed by atoms with Crippen molar-refractivity contribution in [3.05, 3.63) is 23.3 Å². The van der Waals surface area contributed by atoms with E-state index < -0.39 is 11.4 Å². The van der Waals surface area contributed by atoms with Crippen LogP contribution in [0.1, 0.15) is 51.7 Å². The number of carbonyl (C=O) groups excluding carboxylic acids is 2. The van der Waals surface area contributed by atoms with Gasteiger partial charge in [0.25, 0.3) is 0 Å². The number of carbonyl (C=O) groups is 2. The molecule has 1 rings (SSSR count). The first-order valence-corrected chi connectivity index (χ1v) is 8.41. The fraction of sp³-hybridized carbons (Fsp3) is 0.526. The van der Waals surface area contributed by atoms with Gasteiger partial charge in [0.1, 0.15) is 5.82 Å². The number of nitrogens with one attached hydrogen (secondary N) is 1. The Bertz CT molecular complexity index is 646. The molecule has 0 saturated heterocycles. The second-order valence-electron chi connectivity index (χ2n) is 6.81. The summed E-state index contributed by atoms with van der Waals surface area (Å²) in [6.07, 6.45) is 4.72. The van der Waals surface area contributed by atoms with Crippen molar-refractivity contribution in [1.29, 1.82) is 0 Å². The first kappa shape index (κ1) is 20.7. The molecular formula is C19H28N2O4. The number of rotatable bonds is 7. The Kier molecular flexibility index (Phi) is 7.61. The topological polar surface area (TPSA) is 77.5 Å². The number of nitrogens with zero attached hydrogens (tertiary/aromatic N) is 1. The molecule has 138 valence electrons. The fourth-order valence-corrected chi connectivity index (χ4v) is 1.87. The molecule has 0 aromatic carbocycles. The molecule has 0 radical (unpaired) electrons. The lowest BCUT2D eigenvalue weighted by Crippen LogP contribution is -2.28. The molecule has 0 bridgehead atoms. The Morgan fingerprint density at radius 2 is 2.00 bits per heavy atom. The van der Waals surface area contributed by atoms with Crippen LogP contribution in [0.15, 0.2) is 12.1 Å². The van der Waals surface area contributed by atoms with E-state index >= 15 is 0 Å². The lowest BCUT2D eigenvalue weighted by molar-refractivity contribution is -0.137. The highest BCUT2D eigenvalue weighted by molar-refractivity contribution is 5.96. The van der Waals surface area contributed by atoms with Gasteiger partial charge in [-0.15, -0.1) is 0 Å². The van der Waals surface area contributed by atoms with E-state index in [0.717, 1.165) is 18.4 Å². The van der Waals surface area contributed by atoms with Crippen LogP contribution in [0.3, 0.4) is 0 Å². The van der Waals surface area contributed by atoms with Crippen molar-refractivity contribution in [2.45, 2.75) is 47.5 Å². The van der Waals surface area contributed by atoms with Crippen LogP contribution in [-0.2, 0) is 14.3 Å². The molecule has 1 aromatic rings. The molecule has 0 aliphatic heterocycles. The van der Waals surface area contributed by atoms with Gasteiger partial charge in [0, 0.05) is 22.6 Å². The minimum absolute atomic E-state index is 0.175. The van der Waals surface area contributed by atoms with Crippen LogP contribution in [0, 0.1) is 12.3 Å². The molecule has 0 fully saturated rings. The zero-order chi connectivity index (χ0) is 19.0. The number of amides is 1. The van der Waals surface area contributed by atoms with Gasteiger partial charge in [0.15, 0.2) is 0 Å². The van der Waals surface area contributed by atoms with E-state index in [1.54, 1.807) is 12.1 Å². The minimum atomic E-state index is -0.570. The highest BCUT2D eigenvalue weighted by Gasteiger charge is 2.23. The molecule has 1 N–H and O–H groups in total. The number of ether oxygens (including phenoxy) is 2. The van der Waals surface area contributed by atoms with Crippen LogP contribution in [0.25, 0.3) is 6.08 Å². The van der Waals surface area contributed by atoms with E-state index in [4.69, 9.17) is 9.47 Å². The number of esters is 1. The standard InChI is InChI=1S/C19H28N2O4/c1-7-8-11-25-15(22)10-9-14-12-13(2)17(24-6)20-16(14)21-18(23)19(3,4)5/h9-10,12H,7-8,11H2,1-6H3,(H,20,21,23)/b10-9+. The van der Waals surface area contributed by atoms with Crippen molar-refractivity contribution < 1.29 is 19.1 Å². The van der Waals surface area contributed by atoms with Crippen molar-refractivity contribution in [2.75, 3.05) is 19.0 Å². The van der Waals surface area contributed by atoms with E-state index in [0.29, 0.717) is 23.9 Å². The third kappa shape index (κ3) is 6.57. The third-order valence-electron chi connectivity index (χ3n) is 3.44. The number of aryl methyl sites for hydroxylation is 1. The second-order valence-corrected chi connectivity index (χ2v) is 6.81. The molecule has 1 amide bonds. The van der Waals surface area contributed by atoms with Gasteiger partial charge in [-0.3, -0.25) is 4.79 Å². The molecule has 1 aromatic heterocycles. The molecule has 0 aliphatic carbocycles. The number of hydrogen-bond donors (Lipinski definition) is 1. The van der Waals surface area contributed by atoms with Gasteiger partial charge < -0.3 is 14.8 Å². The van der Waals surface area contributed by atoms with Gasteiger partial charge in [-0.05, 0) is 25.5 Å². The monoisotopic (exact) mass is 348 g/mol. The van der Waals surface area contributed by atoms with Crippen molar-refractivity contribution in [3.63, 3.8) is 0 Å². The van der Waals surface area contributed by atoms with Crippen molar-refractivity contribution in [3.8, 4) is 5.88 Å². The third-order valence-corrected chi connectivity index (χ3v) is 3.44. The smallest absolute Gasteiger partial charge is 0.330 e. The van der Waals surface area contributed by atoms with Crippen LogP contribution in [0.4, 0.5) is 5.82 Å². The summed E-state index contributed by atoms with van der Waals surface area (Å²) >= 11 is 0. The number of unbranched alkanes of at least 4 members (excludes halogenated alkanes) is 1. The van der Waals surface area contributed by atoms with Crippen LogP contribution < -0.4 is 10.1 Å². The molecule has 6 heteroatoms. The summed E-state index contributed by atoms with van der Waals surface area (Å²) in [6.45, 7) is 9.71.